The Hall–Kier alpha value is -0.550. The summed E-state index contributed by atoms with van der Waals surface area (Å²) in [6.07, 6.45) is -0.477. The SMILES string of the molecule is CC(C)C(O)C(C)C#N. The van der Waals surface area contributed by atoms with Crippen molar-refractivity contribution in [3.05, 3.63) is 0 Å². The van der Waals surface area contributed by atoms with Crippen LogP contribution in [0.1, 0.15) is 20.8 Å². The van der Waals surface area contributed by atoms with Crippen molar-refractivity contribution in [3.63, 3.8) is 0 Å². The van der Waals surface area contributed by atoms with Gasteiger partial charge in [-0.15, -0.1) is 0 Å². The first-order valence-corrected chi connectivity index (χ1v) is 3.17. The van der Waals surface area contributed by atoms with Crippen LogP contribution in [0.2, 0.25) is 0 Å². The lowest BCUT2D eigenvalue weighted by atomic mass is 9.96. The molecule has 0 amide bonds. The lowest BCUT2D eigenvalue weighted by Crippen LogP contribution is -2.22. The first-order chi connectivity index (χ1) is 4.09. The van der Waals surface area contributed by atoms with Crippen LogP contribution in [-0.4, -0.2) is 11.2 Å². The molecule has 2 atom stereocenters. The highest BCUT2D eigenvalue weighted by Gasteiger charge is 2.16. The molecular formula is C7H13NO. The molecule has 0 rings (SSSR count). The van der Waals surface area contributed by atoms with E-state index >= 15 is 0 Å². The maximum atomic E-state index is 9.17. The molecule has 0 aliphatic carbocycles. The van der Waals surface area contributed by atoms with Gasteiger partial charge in [0.2, 0.25) is 0 Å². The number of aliphatic hydroxyl groups excluding tert-OH is 1. The second-order valence-electron chi connectivity index (χ2n) is 2.65. The third-order valence-electron chi connectivity index (χ3n) is 1.40. The summed E-state index contributed by atoms with van der Waals surface area (Å²) in [5.41, 5.74) is 0. The quantitative estimate of drug-likeness (QED) is 0.605. The molecule has 2 nitrogen and oxygen atoms in total. The first-order valence-electron chi connectivity index (χ1n) is 3.17. The highest BCUT2D eigenvalue weighted by Crippen LogP contribution is 2.10. The number of nitrogens with zero attached hydrogens (tertiary/aromatic N) is 1. The Morgan fingerprint density at radius 3 is 1.89 bits per heavy atom. The van der Waals surface area contributed by atoms with E-state index in [1.165, 1.54) is 0 Å². The van der Waals surface area contributed by atoms with Crippen LogP contribution in [0.5, 0.6) is 0 Å². The lowest BCUT2D eigenvalue weighted by Gasteiger charge is -2.15. The summed E-state index contributed by atoms with van der Waals surface area (Å²) in [6, 6.07) is 2.00. The topological polar surface area (TPSA) is 44.0 Å². The van der Waals surface area contributed by atoms with Gasteiger partial charge in [0, 0.05) is 0 Å². The van der Waals surface area contributed by atoms with Crippen molar-refractivity contribution in [2.24, 2.45) is 11.8 Å². The molecule has 0 radical (unpaired) electrons. The molecule has 0 aliphatic heterocycles. The summed E-state index contributed by atoms with van der Waals surface area (Å²) in [7, 11) is 0. The number of nitriles is 1. The molecule has 0 aromatic rings. The molecule has 0 saturated carbocycles. The van der Waals surface area contributed by atoms with E-state index in [-0.39, 0.29) is 11.8 Å². The van der Waals surface area contributed by atoms with Gasteiger partial charge in [-0.1, -0.05) is 13.8 Å². The van der Waals surface area contributed by atoms with Gasteiger partial charge in [0.1, 0.15) is 0 Å². The largest absolute Gasteiger partial charge is 0.392 e. The highest BCUT2D eigenvalue weighted by molar-refractivity contribution is 4.85. The Morgan fingerprint density at radius 1 is 1.33 bits per heavy atom. The summed E-state index contributed by atoms with van der Waals surface area (Å²) in [5, 5.41) is 17.5. The van der Waals surface area contributed by atoms with Crippen LogP contribution >= 0.6 is 0 Å². The number of hydrogen-bond donors (Lipinski definition) is 1. The fraction of sp³-hybridized carbons (Fsp3) is 0.857. The molecule has 0 bridgehead atoms. The van der Waals surface area contributed by atoms with E-state index in [9.17, 15) is 5.11 Å². The minimum atomic E-state index is -0.477. The molecule has 2 unspecified atom stereocenters. The molecule has 0 spiro atoms. The molecule has 0 heterocycles. The predicted molar refractivity (Wildman–Crippen MR) is 35.6 cm³/mol. The molecule has 0 aromatic heterocycles. The Balaban J connectivity index is 3.76. The molecule has 52 valence electrons. The van der Waals surface area contributed by atoms with Crippen LogP contribution < -0.4 is 0 Å². The average molecular weight is 127 g/mol. The van der Waals surface area contributed by atoms with Crippen LogP contribution in [0.4, 0.5) is 0 Å². The molecule has 0 aliphatic rings. The van der Waals surface area contributed by atoms with Crippen LogP contribution in [0.15, 0.2) is 0 Å². The minimum Gasteiger partial charge on any atom is -0.392 e. The average Bonchev–Trinajstić information content (AvgIpc) is 1.84. The summed E-state index contributed by atoms with van der Waals surface area (Å²) in [5.74, 6) is -0.0651. The van der Waals surface area contributed by atoms with Gasteiger partial charge in [0.05, 0.1) is 18.1 Å². The smallest absolute Gasteiger partial charge is 0.0718 e. The fourth-order valence-electron chi connectivity index (χ4n) is 0.654. The molecule has 0 fully saturated rings. The van der Waals surface area contributed by atoms with E-state index in [0.717, 1.165) is 0 Å². The van der Waals surface area contributed by atoms with Crippen LogP contribution in [0.3, 0.4) is 0 Å². The van der Waals surface area contributed by atoms with Gasteiger partial charge < -0.3 is 5.11 Å². The van der Waals surface area contributed by atoms with Crippen LogP contribution in [0, 0.1) is 23.2 Å². The summed E-state index contributed by atoms with van der Waals surface area (Å²) in [6.45, 7) is 5.53. The monoisotopic (exact) mass is 127 g/mol. The third-order valence-corrected chi connectivity index (χ3v) is 1.40. The maximum absolute atomic E-state index is 9.17. The standard InChI is InChI=1S/C7H13NO/c1-5(2)7(9)6(3)4-8/h5-7,9H,1-3H3. The Labute approximate surface area is 56.1 Å². The van der Waals surface area contributed by atoms with E-state index in [0.29, 0.717) is 0 Å². The molecule has 1 N–H and O–H groups in total. The van der Waals surface area contributed by atoms with E-state index in [1.807, 2.05) is 19.9 Å². The van der Waals surface area contributed by atoms with Crippen molar-refractivity contribution < 1.29 is 5.11 Å². The van der Waals surface area contributed by atoms with E-state index in [1.54, 1.807) is 6.92 Å². The van der Waals surface area contributed by atoms with Gasteiger partial charge >= 0.3 is 0 Å². The zero-order valence-corrected chi connectivity index (χ0v) is 6.13. The van der Waals surface area contributed by atoms with Gasteiger partial charge in [-0.25, -0.2) is 0 Å². The van der Waals surface area contributed by atoms with Crippen molar-refractivity contribution in [1.29, 1.82) is 5.26 Å². The Morgan fingerprint density at radius 2 is 1.78 bits per heavy atom. The van der Waals surface area contributed by atoms with Gasteiger partial charge in [0.25, 0.3) is 0 Å². The number of aliphatic hydroxyl groups is 1. The fourth-order valence-corrected chi connectivity index (χ4v) is 0.654. The lowest BCUT2D eigenvalue weighted by molar-refractivity contribution is 0.0938. The number of rotatable bonds is 2. The van der Waals surface area contributed by atoms with Crippen molar-refractivity contribution in [2.75, 3.05) is 0 Å². The van der Waals surface area contributed by atoms with Crippen molar-refractivity contribution in [1.82, 2.24) is 0 Å². The second kappa shape index (κ2) is 3.47. The van der Waals surface area contributed by atoms with Gasteiger partial charge in [-0.2, -0.15) is 5.26 Å². The predicted octanol–water partition coefficient (Wildman–Crippen LogP) is 1.16. The highest BCUT2D eigenvalue weighted by atomic mass is 16.3. The van der Waals surface area contributed by atoms with Gasteiger partial charge in [0.15, 0.2) is 0 Å². The van der Waals surface area contributed by atoms with Crippen molar-refractivity contribution >= 4 is 0 Å². The third kappa shape index (κ3) is 2.48. The summed E-state index contributed by atoms with van der Waals surface area (Å²) < 4.78 is 0. The van der Waals surface area contributed by atoms with Gasteiger partial charge in [-0.3, -0.25) is 0 Å². The zero-order valence-electron chi connectivity index (χ0n) is 6.13. The molecular weight excluding hydrogens is 114 g/mol. The zero-order chi connectivity index (χ0) is 7.44. The number of hydrogen-bond acceptors (Lipinski definition) is 2. The normalized spacial score (nSPS) is 16.9. The van der Waals surface area contributed by atoms with Crippen LogP contribution in [0.25, 0.3) is 0 Å². The van der Waals surface area contributed by atoms with Crippen molar-refractivity contribution in [2.45, 2.75) is 26.9 Å². The molecule has 2 heteroatoms. The molecule has 0 aromatic carbocycles. The maximum Gasteiger partial charge on any atom is 0.0718 e. The van der Waals surface area contributed by atoms with Crippen LogP contribution in [-0.2, 0) is 0 Å². The Bertz CT molecular complexity index is 115. The minimum absolute atomic E-state index is 0.180. The second-order valence-corrected chi connectivity index (χ2v) is 2.65. The van der Waals surface area contributed by atoms with Gasteiger partial charge in [-0.05, 0) is 12.8 Å². The summed E-state index contributed by atoms with van der Waals surface area (Å²) in [4.78, 5) is 0. The molecule has 0 saturated heterocycles. The first kappa shape index (κ1) is 8.45. The van der Waals surface area contributed by atoms with Crippen molar-refractivity contribution in [3.8, 4) is 6.07 Å². The Kier molecular flexibility index (Phi) is 3.26. The summed E-state index contributed by atoms with van der Waals surface area (Å²) >= 11 is 0. The molecule has 9 heavy (non-hydrogen) atoms. The van der Waals surface area contributed by atoms with E-state index < -0.39 is 6.10 Å². The van der Waals surface area contributed by atoms with E-state index in [2.05, 4.69) is 0 Å². The van der Waals surface area contributed by atoms with E-state index in [4.69, 9.17) is 5.26 Å².